The Labute approximate surface area is 152 Å². The van der Waals surface area contributed by atoms with Crippen molar-refractivity contribution in [2.24, 2.45) is 0 Å². The fourth-order valence-corrected chi connectivity index (χ4v) is 2.73. The molecule has 2 aromatic rings. The Bertz CT molecular complexity index is 680. The smallest absolute Gasteiger partial charge is 0.156 e. The highest BCUT2D eigenvalue weighted by atomic mass is 35.5. The van der Waals surface area contributed by atoms with Crippen molar-refractivity contribution in [3.8, 4) is 5.75 Å². The topological polar surface area (TPSA) is 58.5 Å². The van der Waals surface area contributed by atoms with Gasteiger partial charge in [0.2, 0.25) is 0 Å². The van der Waals surface area contributed by atoms with Crippen LogP contribution in [-0.4, -0.2) is 40.0 Å². The first-order valence-corrected chi connectivity index (χ1v) is 8.36. The van der Waals surface area contributed by atoms with Crippen LogP contribution in [0.2, 0.25) is 10.3 Å². The molecule has 1 aromatic carbocycles. The number of aromatic nitrogens is 2. The van der Waals surface area contributed by atoms with Gasteiger partial charge < -0.3 is 9.84 Å². The van der Waals surface area contributed by atoms with Crippen molar-refractivity contribution in [1.82, 2.24) is 15.1 Å². The number of ether oxygens (including phenoxy) is 1. The first-order chi connectivity index (χ1) is 11.5. The lowest BCUT2D eigenvalue weighted by Crippen LogP contribution is -2.35. The number of halogens is 2. The Balaban J connectivity index is 2.24. The van der Waals surface area contributed by atoms with E-state index in [1.54, 1.807) is 7.11 Å². The Kier molecular flexibility index (Phi) is 6.80. The Morgan fingerprint density at radius 2 is 1.75 bits per heavy atom. The van der Waals surface area contributed by atoms with Crippen LogP contribution >= 0.6 is 23.2 Å². The molecule has 5 nitrogen and oxygen atoms in total. The largest absolute Gasteiger partial charge is 0.497 e. The maximum Gasteiger partial charge on any atom is 0.156 e. The van der Waals surface area contributed by atoms with Crippen LogP contribution in [0, 0.1) is 6.92 Å². The third-order valence-electron chi connectivity index (χ3n) is 4.03. The second kappa shape index (κ2) is 8.62. The molecule has 1 aromatic heterocycles. The first-order valence-electron chi connectivity index (χ1n) is 7.61. The first kappa shape index (κ1) is 18.9. The lowest BCUT2D eigenvalue weighted by molar-refractivity contribution is 0.121. The zero-order valence-electron chi connectivity index (χ0n) is 14.0. The van der Waals surface area contributed by atoms with Gasteiger partial charge in [0.15, 0.2) is 10.3 Å². The Morgan fingerprint density at radius 3 is 2.33 bits per heavy atom. The summed E-state index contributed by atoms with van der Waals surface area (Å²) >= 11 is 12.3. The third kappa shape index (κ3) is 4.57. The van der Waals surface area contributed by atoms with Crippen molar-refractivity contribution in [3.05, 3.63) is 51.3 Å². The van der Waals surface area contributed by atoms with E-state index in [2.05, 4.69) is 15.1 Å². The number of nitrogens with zero attached hydrogens (tertiary/aromatic N) is 3. The molecule has 0 radical (unpaired) electrons. The molecule has 0 aliphatic heterocycles. The van der Waals surface area contributed by atoms with Gasteiger partial charge in [0.1, 0.15) is 5.75 Å². The van der Waals surface area contributed by atoms with Gasteiger partial charge in [-0.15, -0.1) is 10.2 Å². The van der Waals surface area contributed by atoms with Crippen LogP contribution in [-0.2, 0) is 13.1 Å². The lowest BCUT2D eigenvalue weighted by Gasteiger charge is -2.28. The van der Waals surface area contributed by atoms with Gasteiger partial charge in [-0.05, 0) is 37.1 Å². The molecular weight excluding hydrogens is 349 g/mol. The fourth-order valence-electron chi connectivity index (χ4n) is 2.34. The van der Waals surface area contributed by atoms with E-state index in [0.29, 0.717) is 23.4 Å². The number of aliphatic hydroxyl groups is 1. The molecule has 0 bridgehead atoms. The molecule has 2 rings (SSSR count). The summed E-state index contributed by atoms with van der Waals surface area (Å²) in [6.45, 7) is 5.05. The Hall–Kier alpha value is -1.40. The minimum atomic E-state index is -0.0468. The summed E-state index contributed by atoms with van der Waals surface area (Å²) in [5.74, 6) is 0.810. The molecule has 24 heavy (non-hydrogen) atoms. The monoisotopic (exact) mass is 369 g/mol. The van der Waals surface area contributed by atoms with Gasteiger partial charge in [0.25, 0.3) is 0 Å². The molecule has 0 aliphatic rings. The average Bonchev–Trinajstić information content (AvgIpc) is 2.60. The zero-order chi connectivity index (χ0) is 17.7. The number of hydrogen-bond donors (Lipinski definition) is 1. The molecule has 1 atom stereocenters. The van der Waals surface area contributed by atoms with Crippen LogP contribution in [0.4, 0.5) is 0 Å². The van der Waals surface area contributed by atoms with Crippen molar-refractivity contribution in [2.45, 2.75) is 33.0 Å². The van der Waals surface area contributed by atoms with Crippen molar-refractivity contribution in [1.29, 1.82) is 0 Å². The number of rotatable bonds is 7. The molecule has 7 heteroatoms. The highest BCUT2D eigenvalue weighted by Crippen LogP contribution is 2.25. The SMILES string of the molecule is COc1ccc(CN(Cc2c(Cl)nnc(Cl)c2C)[C@H](C)CO)cc1. The Morgan fingerprint density at radius 1 is 1.12 bits per heavy atom. The standard InChI is InChI=1S/C17H21Cl2N3O2/c1-11(10-23)22(8-13-4-6-14(24-3)7-5-13)9-15-12(2)16(18)20-21-17(15)19/h4-7,11,23H,8-10H2,1-3H3/t11-/m1/s1. The van der Waals surface area contributed by atoms with Crippen LogP contribution in [0.15, 0.2) is 24.3 Å². The van der Waals surface area contributed by atoms with E-state index in [9.17, 15) is 5.11 Å². The molecule has 0 spiro atoms. The summed E-state index contributed by atoms with van der Waals surface area (Å²) in [5, 5.41) is 18.0. The van der Waals surface area contributed by atoms with Gasteiger partial charge in [-0.2, -0.15) is 0 Å². The van der Waals surface area contributed by atoms with Crippen molar-refractivity contribution in [2.75, 3.05) is 13.7 Å². The van der Waals surface area contributed by atoms with Crippen LogP contribution in [0.5, 0.6) is 5.75 Å². The van der Waals surface area contributed by atoms with E-state index in [4.69, 9.17) is 27.9 Å². The molecule has 0 aliphatic carbocycles. The maximum absolute atomic E-state index is 9.59. The van der Waals surface area contributed by atoms with Gasteiger partial charge in [0.05, 0.1) is 13.7 Å². The van der Waals surface area contributed by atoms with E-state index in [1.807, 2.05) is 38.1 Å². The predicted octanol–water partition coefficient (Wildman–Crippen LogP) is 3.48. The minimum absolute atomic E-state index is 0.0407. The van der Waals surface area contributed by atoms with Crippen molar-refractivity contribution >= 4 is 23.2 Å². The van der Waals surface area contributed by atoms with Gasteiger partial charge in [-0.3, -0.25) is 4.90 Å². The summed E-state index contributed by atoms with van der Waals surface area (Å²) in [7, 11) is 1.64. The van der Waals surface area contributed by atoms with Crippen LogP contribution in [0.1, 0.15) is 23.6 Å². The quantitative estimate of drug-likeness (QED) is 0.809. The number of methoxy groups -OCH3 is 1. The molecule has 0 fully saturated rings. The highest BCUT2D eigenvalue weighted by molar-refractivity contribution is 6.32. The number of hydrogen-bond acceptors (Lipinski definition) is 5. The number of benzene rings is 1. The molecule has 0 saturated carbocycles. The van der Waals surface area contributed by atoms with Crippen LogP contribution < -0.4 is 4.74 Å². The van der Waals surface area contributed by atoms with Gasteiger partial charge in [0, 0.05) is 24.7 Å². The molecule has 1 N–H and O–H groups in total. The van der Waals surface area contributed by atoms with E-state index in [1.165, 1.54) is 0 Å². The average molecular weight is 370 g/mol. The van der Waals surface area contributed by atoms with Crippen LogP contribution in [0.3, 0.4) is 0 Å². The fraction of sp³-hybridized carbons (Fsp3) is 0.412. The molecule has 0 saturated heterocycles. The summed E-state index contributed by atoms with van der Waals surface area (Å²) in [6, 6.07) is 7.79. The minimum Gasteiger partial charge on any atom is -0.497 e. The van der Waals surface area contributed by atoms with Crippen LogP contribution in [0.25, 0.3) is 0 Å². The second-order valence-electron chi connectivity index (χ2n) is 5.67. The molecular formula is C17H21Cl2N3O2. The molecule has 0 amide bonds. The lowest BCUT2D eigenvalue weighted by atomic mass is 10.1. The van der Waals surface area contributed by atoms with E-state index in [0.717, 1.165) is 22.4 Å². The normalized spacial score (nSPS) is 12.5. The van der Waals surface area contributed by atoms with Gasteiger partial charge in [-0.1, -0.05) is 35.3 Å². The summed E-state index contributed by atoms with van der Waals surface area (Å²) in [5.41, 5.74) is 2.74. The summed E-state index contributed by atoms with van der Waals surface area (Å²) < 4.78 is 5.18. The highest BCUT2D eigenvalue weighted by Gasteiger charge is 2.19. The predicted molar refractivity (Wildman–Crippen MR) is 95.6 cm³/mol. The molecule has 0 unspecified atom stereocenters. The van der Waals surface area contributed by atoms with Gasteiger partial charge >= 0.3 is 0 Å². The van der Waals surface area contributed by atoms with E-state index < -0.39 is 0 Å². The van der Waals surface area contributed by atoms with Gasteiger partial charge in [-0.25, -0.2) is 0 Å². The van der Waals surface area contributed by atoms with E-state index in [-0.39, 0.29) is 12.6 Å². The summed E-state index contributed by atoms with van der Waals surface area (Å²) in [4.78, 5) is 2.12. The maximum atomic E-state index is 9.59. The zero-order valence-corrected chi connectivity index (χ0v) is 15.5. The van der Waals surface area contributed by atoms with Crippen molar-refractivity contribution < 1.29 is 9.84 Å². The molecule has 1 heterocycles. The summed E-state index contributed by atoms with van der Waals surface area (Å²) in [6.07, 6.45) is 0. The molecule has 130 valence electrons. The van der Waals surface area contributed by atoms with E-state index >= 15 is 0 Å². The number of aliphatic hydroxyl groups excluding tert-OH is 1. The third-order valence-corrected chi connectivity index (χ3v) is 4.69. The van der Waals surface area contributed by atoms with Crippen molar-refractivity contribution in [3.63, 3.8) is 0 Å². The second-order valence-corrected chi connectivity index (χ2v) is 6.39.